The van der Waals surface area contributed by atoms with Crippen molar-refractivity contribution >= 4 is 11.9 Å². The highest BCUT2D eigenvalue weighted by Gasteiger charge is 2.23. The Balaban J connectivity index is 1.37. The summed E-state index contributed by atoms with van der Waals surface area (Å²) in [6.45, 7) is 1.68. The predicted molar refractivity (Wildman–Crippen MR) is 98.2 cm³/mol. The molecule has 2 heterocycles. The number of carbonyl (C=O) groups excluding carboxylic acids is 1. The number of piperidine rings is 1. The number of nitrogens with zero attached hydrogens (tertiary/aromatic N) is 4. The van der Waals surface area contributed by atoms with E-state index in [0.29, 0.717) is 11.9 Å². The summed E-state index contributed by atoms with van der Waals surface area (Å²) in [5.41, 5.74) is 0. The smallest absolute Gasteiger partial charge is 0.323 e. The van der Waals surface area contributed by atoms with E-state index in [-0.39, 0.29) is 12.5 Å². The molecular weight excluding hydrogens is 332 g/mol. The van der Waals surface area contributed by atoms with Crippen molar-refractivity contribution in [3.8, 4) is 5.75 Å². The average Bonchev–Trinajstić information content (AvgIpc) is 3.15. The van der Waals surface area contributed by atoms with Crippen molar-refractivity contribution < 1.29 is 14.1 Å². The number of rotatable bonds is 7. The number of likely N-dealkylation sites (tertiary alicyclic amines) is 1. The number of hydrogen-bond acceptors (Lipinski definition) is 6. The molecule has 7 heteroatoms. The first-order valence-corrected chi connectivity index (χ1v) is 9.07. The first kappa shape index (κ1) is 18.2. The maximum atomic E-state index is 12.3. The van der Waals surface area contributed by atoms with Gasteiger partial charge in [-0.2, -0.15) is 4.98 Å². The van der Waals surface area contributed by atoms with Gasteiger partial charge in [0, 0.05) is 33.6 Å². The second-order valence-electron chi connectivity index (χ2n) is 6.85. The van der Waals surface area contributed by atoms with Crippen LogP contribution in [0.3, 0.4) is 0 Å². The van der Waals surface area contributed by atoms with Crippen molar-refractivity contribution in [2.75, 3.05) is 38.7 Å². The number of para-hydroxylation sites is 1. The minimum atomic E-state index is 0.0566. The molecule has 0 unspecified atom stereocenters. The third-order valence-electron chi connectivity index (χ3n) is 4.69. The Morgan fingerprint density at radius 1 is 1.27 bits per heavy atom. The SMILES string of the molecule is CN(C)c1nc(CCC2CCN(C(=O)COc3ccccc3)CC2)no1. The van der Waals surface area contributed by atoms with Crippen LogP contribution in [-0.4, -0.2) is 54.7 Å². The maximum absolute atomic E-state index is 12.3. The Bertz CT molecular complexity index is 694. The topological polar surface area (TPSA) is 71.7 Å². The Morgan fingerprint density at radius 2 is 2.00 bits per heavy atom. The van der Waals surface area contributed by atoms with Gasteiger partial charge in [-0.15, -0.1) is 0 Å². The van der Waals surface area contributed by atoms with Crippen LogP contribution >= 0.6 is 0 Å². The lowest BCUT2D eigenvalue weighted by Gasteiger charge is -2.31. The van der Waals surface area contributed by atoms with Crippen LogP contribution < -0.4 is 9.64 Å². The second-order valence-corrected chi connectivity index (χ2v) is 6.85. The number of aromatic nitrogens is 2. The first-order valence-electron chi connectivity index (χ1n) is 9.07. The lowest BCUT2D eigenvalue weighted by atomic mass is 9.92. The summed E-state index contributed by atoms with van der Waals surface area (Å²) in [6.07, 6.45) is 3.85. The molecule has 1 fully saturated rings. The molecule has 2 aromatic rings. The highest BCUT2D eigenvalue weighted by atomic mass is 16.5. The summed E-state index contributed by atoms with van der Waals surface area (Å²) < 4.78 is 10.7. The van der Waals surface area contributed by atoms with Crippen molar-refractivity contribution in [3.63, 3.8) is 0 Å². The van der Waals surface area contributed by atoms with Crippen LogP contribution in [0.15, 0.2) is 34.9 Å². The van der Waals surface area contributed by atoms with Crippen LogP contribution in [0.5, 0.6) is 5.75 Å². The fraction of sp³-hybridized carbons (Fsp3) is 0.526. The number of anilines is 1. The quantitative estimate of drug-likeness (QED) is 0.757. The largest absolute Gasteiger partial charge is 0.484 e. The lowest BCUT2D eigenvalue weighted by Crippen LogP contribution is -2.41. The van der Waals surface area contributed by atoms with Crippen molar-refractivity contribution in [1.82, 2.24) is 15.0 Å². The van der Waals surface area contributed by atoms with Gasteiger partial charge in [0.15, 0.2) is 12.4 Å². The molecule has 0 atom stereocenters. The number of carbonyl (C=O) groups is 1. The molecule has 7 nitrogen and oxygen atoms in total. The molecule has 0 saturated carbocycles. The van der Waals surface area contributed by atoms with Crippen LogP contribution in [-0.2, 0) is 11.2 Å². The van der Waals surface area contributed by atoms with E-state index < -0.39 is 0 Å². The van der Waals surface area contributed by atoms with Crippen LogP contribution in [0.1, 0.15) is 25.1 Å². The molecule has 1 aliphatic rings. The standard InChI is InChI=1S/C19H26N4O3/c1-22(2)19-20-17(21-26-19)9-8-15-10-12-23(13-11-15)18(24)14-25-16-6-4-3-5-7-16/h3-7,15H,8-14H2,1-2H3. The number of aryl methyl sites for hydroxylation is 1. The molecular formula is C19H26N4O3. The summed E-state index contributed by atoms with van der Waals surface area (Å²) in [6, 6.07) is 9.99. The van der Waals surface area contributed by atoms with Gasteiger partial charge in [0.2, 0.25) is 0 Å². The van der Waals surface area contributed by atoms with Crippen LogP contribution in [0.2, 0.25) is 0 Å². The molecule has 3 rings (SSSR count). The van der Waals surface area contributed by atoms with Gasteiger partial charge >= 0.3 is 6.01 Å². The zero-order valence-corrected chi connectivity index (χ0v) is 15.4. The van der Waals surface area contributed by atoms with Gasteiger partial charge in [0.1, 0.15) is 5.75 Å². The molecule has 1 aromatic carbocycles. The van der Waals surface area contributed by atoms with Gasteiger partial charge in [0.05, 0.1) is 0 Å². The molecule has 0 spiro atoms. The molecule has 0 bridgehead atoms. The zero-order valence-electron chi connectivity index (χ0n) is 15.4. The molecule has 1 aromatic heterocycles. The predicted octanol–water partition coefficient (Wildman–Crippen LogP) is 2.39. The first-order chi connectivity index (χ1) is 12.6. The van der Waals surface area contributed by atoms with Gasteiger partial charge < -0.3 is 19.1 Å². The minimum absolute atomic E-state index is 0.0566. The van der Waals surface area contributed by atoms with Gasteiger partial charge in [-0.05, 0) is 37.3 Å². The van der Waals surface area contributed by atoms with Crippen LogP contribution in [0.25, 0.3) is 0 Å². The fourth-order valence-electron chi connectivity index (χ4n) is 3.09. The maximum Gasteiger partial charge on any atom is 0.323 e. The number of amides is 1. The van der Waals surface area contributed by atoms with Crippen LogP contribution in [0.4, 0.5) is 6.01 Å². The number of hydrogen-bond donors (Lipinski definition) is 0. The van der Waals surface area contributed by atoms with E-state index in [4.69, 9.17) is 9.26 Å². The van der Waals surface area contributed by atoms with Crippen LogP contribution in [0, 0.1) is 5.92 Å². The zero-order chi connectivity index (χ0) is 18.4. The highest BCUT2D eigenvalue weighted by molar-refractivity contribution is 5.77. The molecule has 26 heavy (non-hydrogen) atoms. The van der Waals surface area contributed by atoms with E-state index in [2.05, 4.69) is 10.1 Å². The van der Waals surface area contributed by atoms with Crippen molar-refractivity contribution in [1.29, 1.82) is 0 Å². The molecule has 1 aliphatic heterocycles. The Kier molecular flexibility index (Phi) is 6.09. The van der Waals surface area contributed by atoms with Gasteiger partial charge in [-0.3, -0.25) is 4.79 Å². The minimum Gasteiger partial charge on any atom is -0.484 e. The highest BCUT2D eigenvalue weighted by Crippen LogP contribution is 2.22. The van der Waals surface area contributed by atoms with Gasteiger partial charge in [-0.25, -0.2) is 0 Å². The molecule has 0 N–H and O–H groups in total. The Morgan fingerprint density at radius 3 is 2.65 bits per heavy atom. The van der Waals surface area contributed by atoms with E-state index in [1.165, 1.54) is 0 Å². The van der Waals surface area contributed by atoms with Crippen molar-refractivity contribution in [2.24, 2.45) is 5.92 Å². The van der Waals surface area contributed by atoms with E-state index >= 15 is 0 Å². The van der Waals surface area contributed by atoms with E-state index in [1.54, 1.807) is 4.90 Å². The summed E-state index contributed by atoms with van der Waals surface area (Å²) in [5, 5.41) is 4.01. The summed E-state index contributed by atoms with van der Waals surface area (Å²) in [7, 11) is 3.76. The summed E-state index contributed by atoms with van der Waals surface area (Å²) in [5.74, 6) is 2.13. The third kappa shape index (κ3) is 4.97. The van der Waals surface area contributed by atoms with E-state index in [1.807, 2.05) is 49.3 Å². The van der Waals surface area contributed by atoms with Crippen molar-refractivity contribution in [2.45, 2.75) is 25.7 Å². The van der Waals surface area contributed by atoms with E-state index in [0.717, 1.165) is 50.3 Å². The average molecular weight is 358 g/mol. The summed E-state index contributed by atoms with van der Waals surface area (Å²) in [4.78, 5) is 20.3. The fourth-order valence-corrected chi connectivity index (χ4v) is 3.09. The normalized spacial score (nSPS) is 15.1. The van der Waals surface area contributed by atoms with Gasteiger partial charge in [-0.1, -0.05) is 23.4 Å². The lowest BCUT2D eigenvalue weighted by molar-refractivity contribution is -0.134. The van der Waals surface area contributed by atoms with E-state index in [9.17, 15) is 4.79 Å². The molecule has 0 aliphatic carbocycles. The Labute approximate surface area is 153 Å². The second kappa shape index (κ2) is 8.69. The van der Waals surface area contributed by atoms with Gasteiger partial charge in [0.25, 0.3) is 5.91 Å². The molecule has 0 radical (unpaired) electrons. The third-order valence-corrected chi connectivity index (χ3v) is 4.69. The molecule has 140 valence electrons. The Hall–Kier alpha value is -2.57. The molecule has 1 amide bonds. The monoisotopic (exact) mass is 358 g/mol. The number of benzene rings is 1. The number of ether oxygens (including phenoxy) is 1. The summed E-state index contributed by atoms with van der Waals surface area (Å²) >= 11 is 0. The molecule has 1 saturated heterocycles. The van der Waals surface area contributed by atoms with Crippen molar-refractivity contribution in [3.05, 3.63) is 36.2 Å².